The van der Waals surface area contributed by atoms with Gasteiger partial charge in [-0.1, -0.05) is 26.2 Å². The molecule has 0 unspecified atom stereocenters. The highest BCUT2D eigenvalue weighted by Crippen LogP contribution is 2.31. The fourth-order valence-corrected chi connectivity index (χ4v) is 0.856. The summed E-state index contributed by atoms with van der Waals surface area (Å²) in [5, 5.41) is 8.05. The molecular weight excluding hydrogens is 140 g/mol. The minimum Gasteiger partial charge on any atom is -0.481 e. The molecule has 0 heterocycles. The highest BCUT2D eigenvalue weighted by molar-refractivity contribution is 5.72. The first kappa shape index (κ1) is 8.57. The van der Waals surface area contributed by atoms with E-state index in [1.165, 1.54) is 19.3 Å². The van der Waals surface area contributed by atoms with Crippen molar-refractivity contribution in [1.82, 2.24) is 0 Å². The Morgan fingerprint density at radius 1 is 1.36 bits per heavy atom. The average Bonchev–Trinajstić information content (AvgIpc) is 2.86. The van der Waals surface area contributed by atoms with Gasteiger partial charge in [-0.15, -0.1) is 0 Å². The van der Waals surface area contributed by atoms with Crippen LogP contribution in [0.1, 0.15) is 39.0 Å². The van der Waals surface area contributed by atoms with Crippen LogP contribution in [0.2, 0.25) is 0 Å². The van der Waals surface area contributed by atoms with Gasteiger partial charge >= 0.3 is 5.97 Å². The topological polar surface area (TPSA) is 37.3 Å². The molecule has 0 spiro atoms. The summed E-state index contributed by atoms with van der Waals surface area (Å²) in [6, 6.07) is 0. The van der Waals surface area contributed by atoms with Gasteiger partial charge in [0.2, 0.25) is 0 Å². The van der Waals surface area contributed by atoms with Gasteiger partial charge in [0, 0.05) is 0 Å². The van der Waals surface area contributed by atoms with Gasteiger partial charge in [0.1, 0.15) is 0 Å². The van der Waals surface area contributed by atoms with Crippen molar-refractivity contribution in [2.45, 2.75) is 39.0 Å². The Labute approximate surface area is 67.6 Å². The molecule has 2 rings (SSSR count). The molecule has 0 atom stereocenters. The Hall–Kier alpha value is -0.530. The van der Waals surface area contributed by atoms with Crippen LogP contribution >= 0.6 is 0 Å². The lowest BCUT2D eigenvalue weighted by Crippen LogP contribution is -1.94. The van der Waals surface area contributed by atoms with Crippen molar-refractivity contribution in [1.29, 1.82) is 0 Å². The molecule has 0 aliphatic heterocycles. The third-order valence-corrected chi connectivity index (χ3v) is 2.20. The molecule has 2 nitrogen and oxygen atoms in total. The molecule has 64 valence electrons. The number of rotatable bonds is 2. The highest BCUT2D eigenvalue weighted by atomic mass is 16.4. The van der Waals surface area contributed by atoms with E-state index in [0.717, 1.165) is 18.8 Å². The van der Waals surface area contributed by atoms with Gasteiger partial charge in [0.15, 0.2) is 0 Å². The molecule has 0 amide bonds. The van der Waals surface area contributed by atoms with Crippen molar-refractivity contribution in [2.75, 3.05) is 0 Å². The van der Waals surface area contributed by atoms with Crippen LogP contribution in [0, 0.1) is 11.8 Å². The number of aliphatic carboxylic acids is 1. The summed E-state index contributed by atoms with van der Waals surface area (Å²) in [5.74, 6) is 0.523. The predicted molar refractivity (Wildman–Crippen MR) is 43.4 cm³/mol. The Morgan fingerprint density at radius 3 is 1.91 bits per heavy atom. The molecular formula is C9H16O2. The lowest BCUT2D eigenvalue weighted by molar-refractivity contribution is -0.138. The minimum atomic E-state index is -0.630. The van der Waals surface area contributed by atoms with Gasteiger partial charge < -0.3 is 5.11 Å². The fraction of sp³-hybridized carbons (Fsp3) is 0.889. The molecule has 0 aromatic heterocycles. The Morgan fingerprint density at radius 2 is 1.91 bits per heavy atom. The summed E-state index contributed by atoms with van der Waals surface area (Å²) in [6.07, 6.45) is 6.23. The molecule has 0 saturated heterocycles. The lowest BCUT2D eigenvalue weighted by atomic mass is 10.3. The van der Waals surface area contributed by atoms with Crippen molar-refractivity contribution in [3.63, 3.8) is 0 Å². The van der Waals surface area contributed by atoms with Crippen LogP contribution < -0.4 is 0 Å². The number of hydrogen-bond acceptors (Lipinski definition) is 1. The molecule has 2 aliphatic carbocycles. The van der Waals surface area contributed by atoms with E-state index in [1.807, 2.05) is 0 Å². The molecule has 0 bridgehead atoms. The predicted octanol–water partition coefficient (Wildman–Crippen LogP) is 2.29. The van der Waals surface area contributed by atoms with E-state index in [1.54, 1.807) is 0 Å². The second-order valence-electron chi connectivity index (χ2n) is 3.46. The first-order valence-electron chi connectivity index (χ1n) is 4.46. The normalized spacial score (nSPS) is 21.9. The van der Waals surface area contributed by atoms with Crippen LogP contribution in [0.5, 0.6) is 0 Å². The number of carboxylic acid groups (broad SMARTS) is 1. The molecule has 0 aromatic carbocycles. The zero-order valence-electron chi connectivity index (χ0n) is 7.05. The van der Waals surface area contributed by atoms with Gasteiger partial charge in [-0.25, -0.2) is 0 Å². The molecule has 0 radical (unpaired) electrons. The maximum Gasteiger partial charge on any atom is 0.306 e. The van der Waals surface area contributed by atoms with E-state index in [2.05, 4.69) is 6.92 Å². The van der Waals surface area contributed by atoms with Crippen LogP contribution in [0.3, 0.4) is 0 Å². The van der Waals surface area contributed by atoms with Crippen LogP contribution in [0.15, 0.2) is 0 Å². The molecule has 2 heteroatoms. The van der Waals surface area contributed by atoms with Gasteiger partial charge in [-0.05, 0) is 18.8 Å². The Balaban J connectivity index is 0.000000112. The molecule has 2 fully saturated rings. The molecule has 0 aromatic rings. The molecule has 2 aliphatic rings. The van der Waals surface area contributed by atoms with Gasteiger partial charge in [0.05, 0.1) is 5.92 Å². The zero-order valence-corrected chi connectivity index (χ0v) is 7.05. The summed E-state index contributed by atoms with van der Waals surface area (Å²) in [4.78, 5) is 9.76. The standard InChI is InChI=1S/C5H10.C4H6O2/c1-2-5-3-4-5;5-4(6)3-1-2-3/h5H,2-4H2,1H3;3H,1-2H2,(H,5,6). The lowest BCUT2D eigenvalue weighted by Gasteiger charge is -1.75. The van der Waals surface area contributed by atoms with Crippen LogP contribution in [0.4, 0.5) is 0 Å². The quantitative estimate of drug-likeness (QED) is 0.666. The largest absolute Gasteiger partial charge is 0.481 e. The van der Waals surface area contributed by atoms with Gasteiger partial charge in [-0.3, -0.25) is 4.79 Å². The number of carbonyl (C=O) groups is 1. The van der Waals surface area contributed by atoms with Crippen molar-refractivity contribution in [2.24, 2.45) is 11.8 Å². The molecule has 2 saturated carbocycles. The summed E-state index contributed by atoms with van der Waals surface area (Å²) in [7, 11) is 0. The van der Waals surface area contributed by atoms with Crippen LogP contribution in [0.25, 0.3) is 0 Å². The number of hydrogen-bond donors (Lipinski definition) is 1. The van der Waals surface area contributed by atoms with Crippen molar-refractivity contribution in [3.05, 3.63) is 0 Å². The van der Waals surface area contributed by atoms with E-state index < -0.39 is 5.97 Å². The third kappa shape index (κ3) is 4.02. The van der Waals surface area contributed by atoms with Crippen molar-refractivity contribution < 1.29 is 9.90 Å². The first-order chi connectivity index (χ1) is 5.24. The maximum atomic E-state index is 9.76. The van der Waals surface area contributed by atoms with E-state index in [0.29, 0.717) is 0 Å². The van der Waals surface area contributed by atoms with Crippen LogP contribution in [-0.2, 0) is 4.79 Å². The minimum absolute atomic E-state index is 0.0185. The summed E-state index contributed by atoms with van der Waals surface area (Å²) in [5.41, 5.74) is 0. The summed E-state index contributed by atoms with van der Waals surface area (Å²) in [6.45, 7) is 2.26. The first-order valence-corrected chi connectivity index (χ1v) is 4.46. The summed E-state index contributed by atoms with van der Waals surface area (Å²) >= 11 is 0. The molecule has 1 N–H and O–H groups in total. The Bertz CT molecular complexity index is 134. The van der Waals surface area contributed by atoms with E-state index in [4.69, 9.17) is 5.11 Å². The Kier molecular flexibility index (Phi) is 2.92. The third-order valence-electron chi connectivity index (χ3n) is 2.20. The SMILES string of the molecule is CCC1CC1.O=C(O)C1CC1. The second kappa shape index (κ2) is 3.74. The van der Waals surface area contributed by atoms with E-state index >= 15 is 0 Å². The van der Waals surface area contributed by atoms with E-state index in [9.17, 15) is 4.79 Å². The monoisotopic (exact) mass is 156 g/mol. The fourth-order valence-electron chi connectivity index (χ4n) is 0.856. The summed E-state index contributed by atoms with van der Waals surface area (Å²) < 4.78 is 0. The van der Waals surface area contributed by atoms with Crippen molar-refractivity contribution >= 4 is 5.97 Å². The van der Waals surface area contributed by atoms with Gasteiger partial charge in [-0.2, -0.15) is 0 Å². The maximum absolute atomic E-state index is 9.76. The second-order valence-corrected chi connectivity index (χ2v) is 3.46. The number of carboxylic acids is 1. The molecule has 11 heavy (non-hydrogen) atoms. The van der Waals surface area contributed by atoms with E-state index in [-0.39, 0.29) is 5.92 Å². The van der Waals surface area contributed by atoms with Gasteiger partial charge in [0.25, 0.3) is 0 Å². The highest BCUT2D eigenvalue weighted by Gasteiger charge is 2.28. The van der Waals surface area contributed by atoms with Crippen molar-refractivity contribution in [3.8, 4) is 0 Å². The van der Waals surface area contributed by atoms with Crippen LogP contribution in [-0.4, -0.2) is 11.1 Å². The smallest absolute Gasteiger partial charge is 0.306 e. The average molecular weight is 156 g/mol. The zero-order chi connectivity index (χ0) is 8.27.